The molecule has 0 radical (unpaired) electrons. The zero-order valence-corrected chi connectivity index (χ0v) is 9.63. The summed E-state index contributed by atoms with van der Waals surface area (Å²) in [6.45, 7) is 2.57. The molecule has 90 valence electrons. The molecular weight excluding hydrogens is 220 g/mol. The maximum Gasteiger partial charge on any atom is 0.322 e. The summed E-state index contributed by atoms with van der Waals surface area (Å²) in [5, 5.41) is 0. The van der Waals surface area contributed by atoms with E-state index < -0.39 is 6.04 Å². The van der Waals surface area contributed by atoms with Crippen LogP contribution in [0.25, 0.3) is 0 Å². The highest BCUT2D eigenvalue weighted by Crippen LogP contribution is 1.97. The number of rotatable bonds is 6. The Hall–Kier alpha value is -1.01. The van der Waals surface area contributed by atoms with Gasteiger partial charge in [0, 0.05) is 6.54 Å². The van der Waals surface area contributed by atoms with Gasteiger partial charge in [0.1, 0.15) is 6.04 Å². The standard InChI is InChI=1S/C8H18N4O2.ClH/c1-2-14-7(13)6(9)4-3-5-12-8(10)11;/h6H,2-5,9H2,1H3,(H4,10,11,12);1H/t6-;/m1./s1. The van der Waals surface area contributed by atoms with Crippen molar-refractivity contribution in [1.82, 2.24) is 0 Å². The lowest BCUT2D eigenvalue weighted by molar-refractivity contribution is -0.144. The van der Waals surface area contributed by atoms with Crippen molar-refractivity contribution >= 4 is 24.3 Å². The zero-order chi connectivity index (χ0) is 11.0. The van der Waals surface area contributed by atoms with E-state index in [0.29, 0.717) is 26.0 Å². The first kappa shape index (κ1) is 16.4. The number of halogens is 1. The summed E-state index contributed by atoms with van der Waals surface area (Å²) in [5.41, 5.74) is 15.8. The Labute approximate surface area is 95.6 Å². The SMILES string of the molecule is CCOC(=O)[C@H](N)CCCN=C(N)N.Cl. The fourth-order valence-corrected chi connectivity index (χ4v) is 0.887. The topological polar surface area (TPSA) is 117 Å². The molecule has 7 heteroatoms. The smallest absolute Gasteiger partial charge is 0.322 e. The Morgan fingerprint density at radius 2 is 2.07 bits per heavy atom. The van der Waals surface area contributed by atoms with E-state index in [1.807, 2.05) is 0 Å². The van der Waals surface area contributed by atoms with E-state index in [-0.39, 0.29) is 24.3 Å². The van der Waals surface area contributed by atoms with Crippen LogP contribution >= 0.6 is 12.4 Å². The van der Waals surface area contributed by atoms with Gasteiger partial charge in [0.05, 0.1) is 6.61 Å². The molecule has 15 heavy (non-hydrogen) atoms. The number of hydrogen-bond donors (Lipinski definition) is 3. The summed E-state index contributed by atoms with van der Waals surface area (Å²) in [5.74, 6) is -0.327. The van der Waals surface area contributed by atoms with E-state index in [4.69, 9.17) is 21.9 Å². The minimum absolute atomic E-state index is 0. The Kier molecular flexibility index (Phi) is 10.4. The summed E-state index contributed by atoms with van der Waals surface area (Å²) < 4.78 is 4.73. The number of carbonyl (C=O) groups excluding carboxylic acids is 1. The molecule has 6 N–H and O–H groups in total. The van der Waals surface area contributed by atoms with Crippen molar-refractivity contribution in [2.45, 2.75) is 25.8 Å². The van der Waals surface area contributed by atoms with E-state index >= 15 is 0 Å². The maximum absolute atomic E-state index is 11.0. The van der Waals surface area contributed by atoms with Gasteiger partial charge in [-0.05, 0) is 19.8 Å². The summed E-state index contributed by atoms with van der Waals surface area (Å²) in [6, 6.07) is -0.579. The van der Waals surface area contributed by atoms with Crippen LogP contribution in [-0.2, 0) is 9.53 Å². The first-order valence-corrected chi connectivity index (χ1v) is 4.55. The van der Waals surface area contributed by atoms with Gasteiger partial charge in [0.15, 0.2) is 5.96 Å². The molecule has 0 fully saturated rings. The molecule has 0 aliphatic heterocycles. The van der Waals surface area contributed by atoms with Crippen LogP contribution in [0.15, 0.2) is 4.99 Å². The number of hydrogen-bond acceptors (Lipinski definition) is 4. The predicted molar refractivity (Wildman–Crippen MR) is 61.8 cm³/mol. The monoisotopic (exact) mass is 238 g/mol. The Balaban J connectivity index is 0. The third-order valence-corrected chi connectivity index (χ3v) is 1.56. The molecule has 0 saturated heterocycles. The molecule has 0 spiro atoms. The van der Waals surface area contributed by atoms with Crippen LogP contribution in [0, 0.1) is 0 Å². The number of nitrogens with zero attached hydrogens (tertiary/aromatic N) is 1. The molecule has 0 heterocycles. The summed E-state index contributed by atoms with van der Waals surface area (Å²) in [7, 11) is 0. The predicted octanol–water partition coefficient (Wildman–Crippen LogP) is -0.648. The average molecular weight is 239 g/mol. The van der Waals surface area contributed by atoms with Crippen molar-refractivity contribution in [3.63, 3.8) is 0 Å². The van der Waals surface area contributed by atoms with Crippen LogP contribution in [0.2, 0.25) is 0 Å². The van der Waals surface area contributed by atoms with E-state index in [1.54, 1.807) is 6.92 Å². The highest BCUT2D eigenvalue weighted by atomic mass is 35.5. The van der Waals surface area contributed by atoms with Crippen LogP contribution in [-0.4, -0.2) is 31.1 Å². The highest BCUT2D eigenvalue weighted by molar-refractivity contribution is 5.85. The van der Waals surface area contributed by atoms with E-state index in [2.05, 4.69) is 4.99 Å². The van der Waals surface area contributed by atoms with Crippen LogP contribution in [0.4, 0.5) is 0 Å². The van der Waals surface area contributed by atoms with Gasteiger partial charge in [-0.3, -0.25) is 9.79 Å². The number of guanidine groups is 1. The fourth-order valence-electron chi connectivity index (χ4n) is 0.887. The first-order valence-electron chi connectivity index (χ1n) is 4.55. The molecule has 1 atom stereocenters. The Bertz CT molecular complexity index is 207. The van der Waals surface area contributed by atoms with E-state index in [1.165, 1.54) is 0 Å². The highest BCUT2D eigenvalue weighted by Gasteiger charge is 2.13. The molecular formula is C8H19ClN4O2. The molecule has 0 aromatic carbocycles. The summed E-state index contributed by atoms with van der Waals surface area (Å²) >= 11 is 0. The number of carbonyl (C=O) groups is 1. The molecule has 0 amide bonds. The first-order chi connectivity index (χ1) is 6.57. The minimum Gasteiger partial charge on any atom is -0.465 e. The van der Waals surface area contributed by atoms with Crippen molar-refractivity contribution in [3.8, 4) is 0 Å². The number of esters is 1. The molecule has 0 aromatic rings. The van der Waals surface area contributed by atoms with Gasteiger partial charge in [0.25, 0.3) is 0 Å². The molecule has 6 nitrogen and oxygen atoms in total. The zero-order valence-electron chi connectivity index (χ0n) is 8.81. The van der Waals surface area contributed by atoms with Crippen molar-refractivity contribution < 1.29 is 9.53 Å². The molecule has 0 rings (SSSR count). The molecule has 0 bridgehead atoms. The van der Waals surface area contributed by atoms with Gasteiger partial charge in [-0.2, -0.15) is 0 Å². The van der Waals surface area contributed by atoms with Crippen LogP contribution in [0.5, 0.6) is 0 Å². The molecule has 0 aromatic heterocycles. The van der Waals surface area contributed by atoms with Crippen molar-refractivity contribution in [2.75, 3.05) is 13.2 Å². The summed E-state index contributed by atoms with van der Waals surface area (Å²) in [6.07, 6.45) is 1.19. The van der Waals surface area contributed by atoms with E-state index in [0.717, 1.165) is 0 Å². The van der Waals surface area contributed by atoms with Crippen LogP contribution in [0.3, 0.4) is 0 Å². The van der Waals surface area contributed by atoms with Crippen molar-refractivity contribution in [1.29, 1.82) is 0 Å². The van der Waals surface area contributed by atoms with Gasteiger partial charge in [0.2, 0.25) is 0 Å². The normalized spacial score (nSPS) is 11.1. The molecule has 0 aliphatic rings. The largest absolute Gasteiger partial charge is 0.465 e. The number of ether oxygens (including phenoxy) is 1. The van der Waals surface area contributed by atoms with Gasteiger partial charge in [-0.25, -0.2) is 0 Å². The number of nitrogens with two attached hydrogens (primary N) is 3. The third kappa shape index (κ3) is 9.30. The second-order valence-corrected chi connectivity index (χ2v) is 2.81. The van der Waals surface area contributed by atoms with Gasteiger partial charge in [-0.1, -0.05) is 0 Å². The third-order valence-electron chi connectivity index (χ3n) is 1.56. The average Bonchev–Trinajstić information content (AvgIpc) is 2.12. The Morgan fingerprint density at radius 1 is 1.47 bits per heavy atom. The van der Waals surface area contributed by atoms with Crippen LogP contribution in [0.1, 0.15) is 19.8 Å². The van der Waals surface area contributed by atoms with Crippen molar-refractivity contribution in [2.24, 2.45) is 22.2 Å². The number of aliphatic imine (C=N–C) groups is 1. The van der Waals surface area contributed by atoms with Crippen LogP contribution < -0.4 is 17.2 Å². The maximum atomic E-state index is 11.0. The van der Waals surface area contributed by atoms with Gasteiger partial charge < -0.3 is 21.9 Å². The molecule has 0 unspecified atom stereocenters. The lowest BCUT2D eigenvalue weighted by atomic mass is 10.2. The lowest BCUT2D eigenvalue weighted by Crippen LogP contribution is -2.32. The second kappa shape index (κ2) is 9.54. The van der Waals surface area contributed by atoms with Crippen molar-refractivity contribution in [3.05, 3.63) is 0 Å². The Morgan fingerprint density at radius 3 is 2.53 bits per heavy atom. The summed E-state index contributed by atoms with van der Waals surface area (Å²) in [4.78, 5) is 14.8. The minimum atomic E-state index is -0.579. The molecule has 0 aliphatic carbocycles. The van der Waals surface area contributed by atoms with Gasteiger partial charge in [-0.15, -0.1) is 12.4 Å². The fraction of sp³-hybridized carbons (Fsp3) is 0.750. The van der Waals surface area contributed by atoms with E-state index in [9.17, 15) is 4.79 Å². The quantitative estimate of drug-likeness (QED) is 0.246. The lowest BCUT2D eigenvalue weighted by Gasteiger charge is -2.08. The molecule has 0 saturated carbocycles. The second-order valence-electron chi connectivity index (χ2n) is 2.81. The van der Waals surface area contributed by atoms with Gasteiger partial charge >= 0.3 is 5.97 Å².